The summed E-state index contributed by atoms with van der Waals surface area (Å²) in [4.78, 5) is 33.4. The molecular formula is C21H16ClFN6OS. The summed E-state index contributed by atoms with van der Waals surface area (Å²) in [6.45, 7) is 5.30. The summed E-state index contributed by atoms with van der Waals surface area (Å²) in [5.74, 6) is 0.0166. The molecule has 0 amide bonds. The number of fused-ring (bicyclic) bond motifs is 2. The Morgan fingerprint density at radius 3 is 2.97 bits per heavy atom. The molecule has 0 aliphatic heterocycles. The number of imidazole rings is 1. The van der Waals surface area contributed by atoms with Gasteiger partial charge in [0.15, 0.2) is 5.65 Å². The first kappa shape index (κ1) is 21.0. The van der Waals surface area contributed by atoms with Crippen molar-refractivity contribution in [3.63, 3.8) is 0 Å². The van der Waals surface area contributed by atoms with Gasteiger partial charge in [-0.25, -0.2) is 24.3 Å². The van der Waals surface area contributed by atoms with E-state index in [9.17, 15) is 9.18 Å². The number of thioether (sulfide) groups is 1. The van der Waals surface area contributed by atoms with Crippen molar-refractivity contribution in [1.29, 1.82) is 0 Å². The standard InChI is InChI=1S/C21H16ClFN6OS/c1-3-4-8-15(12(2)22)29-16(28-14-7-5-6-13(23)17(14)21(29)30)9-31-20-18-19(25-10-24-18)26-11-27-20/h3-8,10-11H,1,9H2,2H3,(H,24,25,26,27)/b8-4-,15-12-. The summed E-state index contributed by atoms with van der Waals surface area (Å²) in [5.41, 5.74) is 1.33. The average molecular weight is 455 g/mol. The van der Waals surface area contributed by atoms with Gasteiger partial charge in [0.25, 0.3) is 5.56 Å². The molecule has 1 N–H and O–H groups in total. The van der Waals surface area contributed by atoms with Crippen molar-refractivity contribution in [2.75, 3.05) is 0 Å². The molecule has 0 radical (unpaired) electrons. The number of rotatable bonds is 6. The maximum Gasteiger partial charge on any atom is 0.269 e. The number of halogens is 2. The Morgan fingerprint density at radius 1 is 1.35 bits per heavy atom. The molecule has 0 atom stereocenters. The van der Waals surface area contributed by atoms with Crippen molar-refractivity contribution in [3.8, 4) is 0 Å². The van der Waals surface area contributed by atoms with Gasteiger partial charge in [0.2, 0.25) is 0 Å². The minimum atomic E-state index is -0.641. The molecule has 0 aliphatic rings. The number of H-pyrrole nitrogens is 1. The van der Waals surface area contributed by atoms with Crippen LogP contribution in [0.4, 0.5) is 4.39 Å². The van der Waals surface area contributed by atoms with Gasteiger partial charge in [0.05, 0.1) is 23.3 Å². The Labute approximate surface area is 185 Å². The topological polar surface area (TPSA) is 89.3 Å². The molecule has 0 fully saturated rings. The molecule has 3 heterocycles. The van der Waals surface area contributed by atoms with Crippen molar-refractivity contribution in [1.82, 2.24) is 29.5 Å². The second-order valence-electron chi connectivity index (χ2n) is 6.38. The zero-order valence-electron chi connectivity index (χ0n) is 16.3. The number of benzene rings is 1. The summed E-state index contributed by atoms with van der Waals surface area (Å²) < 4.78 is 15.8. The lowest BCUT2D eigenvalue weighted by Gasteiger charge is -2.15. The summed E-state index contributed by atoms with van der Waals surface area (Å²) in [6.07, 6.45) is 7.80. The van der Waals surface area contributed by atoms with Crippen molar-refractivity contribution < 1.29 is 4.39 Å². The quantitative estimate of drug-likeness (QED) is 0.259. The number of nitrogens with one attached hydrogen (secondary N) is 1. The van der Waals surface area contributed by atoms with Gasteiger partial charge in [-0.3, -0.25) is 9.36 Å². The van der Waals surface area contributed by atoms with E-state index in [1.165, 1.54) is 41.1 Å². The first-order valence-electron chi connectivity index (χ1n) is 9.14. The van der Waals surface area contributed by atoms with E-state index in [0.717, 1.165) is 0 Å². The van der Waals surface area contributed by atoms with Crippen molar-refractivity contribution in [2.24, 2.45) is 0 Å². The highest BCUT2D eigenvalue weighted by Gasteiger charge is 2.18. The molecule has 0 spiro atoms. The number of aromatic amines is 1. The first-order chi connectivity index (χ1) is 15.0. The third kappa shape index (κ3) is 4.01. The summed E-state index contributed by atoms with van der Waals surface area (Å²) in [7, 11) is 0. The molecule has 4 rings (SSSR count). The first-order valence-corrected chi connectivity index (χ1v) is 10.5. The van der Waals surface area contributed by atoms with Gasteiger partial charge >= 0.3 is 0 Å². The number of nitrogens with zero attached hydrogens (tertiary/aromatic N) is 5. The van der Waals surface area contributed by atoms with Gasteiger partial charge in [0.1, 0.15) is 33.9 Å². The van der Waals surface area contributed by atoms with Crippen LogP contribution in [0.3, 0.4) is 0 Å². The van der Waals surface area contributed by atoms with E-state index in [4.69, 9.17) is 11.6 Å². The summed E-state index contributed by atoms with van der Waals surface area (Å²) >= 11 is 7.65. The van der Waals surface area contributed by atoms with Crippen LogP contribution in [0, 0.1) is 5.82 Å². The Morgan fingerprint density at radius 2 is 2.19 bits per heavy atom. The molecule has 4 aromatic rings. The number of hydrogen-bond donors (Lipinski definition) is 1. The monoisotopic (exact) mass is 454 g/mol. The third-order valence-electron chi connectivity index (χ3n) is 4.43. The maximum absolute atomic E-state index is 14.5. The van der Waals surface area contributed by atoms with Crippen molar-refractivity contribution >= 4 is 51.1 Å². The SMILES string of the molecule is C=C/C=C\C(=C(/C)Cl)n1c(CSc2ncnc3nc[nH]c23)nc2cccc(F)c2c1=O. The van der Waals surface area contributed by atoms with Gasteiger partial charge in [-0.1, -0.05) is 48.2 Å². The largest absolute Gasteiger partial charge is 0.341 e. The van der Waals surface area contributed by atoms with Crippen molar-refractivity contribution in [3.05, 3.63) is 82.7 Å². The third-order valence-corrected chi connectivity index (χ3v) is 5.61. The van der Waals surface area contributed by atoms with Crippen LogP contribution >= 0.6 is 23.4 Å². The Bertz CT molecular complexity index is 1420. The van der Waals surface area contributed by atoms with Crippen LogP contribution in [-0.4, -0.2) is 29.5 Å². The number of aromatic nitrogens is 6. The van der Waals surface area contributed by atoms with Crippen LogP contribution in [0.5, 0.6) is 0 Å². The molecule has 1 aromatic carbocycles. The predicted molar refractivity (Wildman–Crippen MR) is 121 cm³/mol. The lowest BCUT2D eigenvalue weighted by atomic mass is 10.2. The molecule has 31 heavy (non-hydrogen) atoms. The molecule has 7 nitrogen and oxygen atoms in total. The van der Waals surface area contributed by atoms with Gasteiger partial charge < -0.3 is 4.98 Å². The molecule has 3 aromatic heterocycles. The van der Waals surface area contributed by atoms with Crippen LogP contribution in [0.1, 0.15) is 12.7 Å². The van der Waals surface area contributed by atoms with E-state index in [0.29, 0.717) is 32.7 Å². The van der Waals surface area contributed by atoms with E-state index in [1.807, 2.05) is 0 Å². The summed E-state index contributed by atoms with van der Waals surface area (Å²) in [5, 5.41) is 0.899. The Kier molecular flexibility index (Phi) is 5.97. The van der Waals surface area contributed by atoms with Gasteiger partial charge in [-0.2, -0.15) is 0 Å². The lowest BCUT2D eigenvalue weighted by Crippen LogP contribution is -2.25. The van der Waals surface area contributed by atoms with E-state index in [1.54, 1.807) is 31.2 Å². The minimum absolute atomic E-state index is 0.100. The van der Waals surface area contributed by atoms with Crippen LogP contribution in [-0.2, 0) is 5.75 Å². The fraction of sp³-hybridized carbons (Fsp3) is 0.0952. The van der Waals surface area contributed by atoms with Crippen LogP contribution in [0.25, 0.3) is 27.8 Å². The van der Waals surface area contributed by atoms with Crippen LogP contribution in [0.2, 0.25) is 0 Å². The normalized spacial score (nSPS) is 12.6. The smallest absolute Gasteiger partial charge is 0.269 e. The summed E-state index contributed by atoms with van der Waals surface area (Å²) in [6, 6.07) is 4.36. The fourth-order valence-electron chi connectivity index (χ4n) is 3.07. The van der Waals surface area contributed by atoms with E-state index < -0.39 is 11.4 Å². The highest BCUT2D eigenvalue weighted by atomic mass is 35.5. The maximum atomic E-state index is 14.5. The van der Waals surface area contributed by atoms with Crippen LogP contribution in [0.15, 0.2) is 70.5 Å². The molecular weight excluding hydrogens is 439 g/mol. The number of allylic oxidation sites excluding steroid dienone is 5. The minimum Gasteiger partial charge on any atom is -0.341 e. The van der Waals surface area contributed by atoms with Crippen LogP contribution < -0.4 is 5.56 Å². The zero-order chi connectivity index (χ0) is 22.0. The van der Waals surface area contributed by atoms with E-state index in [-0.39, 0.29) is 16.7 Å². The molecule has 0 unspecified atom stereocenters. The Balaban J connectivity index is 1.90. The molecule has 156 valence electrons. The lowest BCUT2D eigenvalue weighted by molar-refractivity contribution is 0.637. The van der Waals surface area contributed by atoms with Gasteiger partial charge in [-0.05, 0) is 25.1 Å². The molecule has 0 aliphatic carbocycles. The fourth-order valence-corrected chi connectivity index (χ4v) is 4.09. The molecule has 10 heteroatoms. The molecule has 0 bridgehead atoms. The van der Waals surface area contributed by atoms with Gasteiger partial charge in [-0.15, -0.1) is 0 Å². The average Bonchev–Trinajstić information content (AvgIpc) is 3.23. The highest BCUT2D eigenvalue weighted by molar-refractivity contribution is 7.98. The molecule has 0 saturated carbocycles. The molecule has 0 saturated heterocycles. The highest BCUT2D eigenvalue weighted by Crippen LogP contribution is 2.27. The van der Waals surface area contributed by atoms with Crippen molar-refractivity contribution in [2.45, 2.75) is 17.7 Å². The predicted octanol–water partition coefficient (Wildman–Crippen LogP) is 4.66. The zero-order valence-corrected chi connectivity index (χ0v) is 17.9. The Hall–Kier alpha value is -3.30. The second kappa shape index (κ2) is 8.83. The van der Waals surface area contributed by atoms with E-state index in [2.05, 4.69) is 31.5 Å². The number of hydrogen-bond acceptors (Lipinski definition) is 6. The van der Waals surface area contributed by atoms with Gasteiger partial charge in [0, 0.05) is 5.03 Å². The van der Waals surface area contributed by atoms with E-state index >= 15 is 0 Å². The second-order valence-corrected chi connectivity index (χ2v) is 7.92.